The Bertz CT molecular complexity index is 477. The molecule has 1 aromatic carbocycles. The van der Waals surface area contributed by atoms with E-state index in [9.17, 15) is 0 Å². The Morgan fingerprint density at radius 3 is 2.60 bits per heavy atom. The first-order valence-corrected chi connectivity index (χ1v) is 4.88. The molecule has 15 heavy (non-hydrogen) atoms. The average Bonchev–Trinajstić information content (AvgIpc) is 2.78. The number of terminal acetylenes is 1. The molecule has 2 heteroatoms. The molecule has 1 heterocycles. The number of aromatic nitrogens is 2. The predicted molar refractivity (Wildman–Crippen MR) is 60.4 cm³/mol. The molecular formula is C13H12N2. The van der Waals surface area contributed by atoms with Crippen molar-refractivity contribution in [3.05, 3.63) is 53.9 Å². The van der Waals surface area contributed by atoms with Crippen molar-refractivity contribution in [3.63, 3.8) is 0 Å². The zero-order valence-electron chi connectivity index (χ0n) is 8.59. The van der Waals surface area contributed by atoms with Crippen molar-refractivity contribution in [3.8, 4) is 12.3 Å². The van der Waals surface area contributed by atoms with Crippen molar-refractivity contribution < 1.29 is 0 Å². The Hall–Kier alpha value is -2.01. The summed E-state index contributed by atoms with van der Waals surface area (Å²) < 4.78 is 1.88. The molecule has 74 valence electrons. The molecule has 0 N–H and O–H groups in total. The van der Waals surface area contributed by atoms with Gasteiger partial charge in [0.05, 0.1) is 6.04 Å². The topological polar surface area (TPSA) is 17.8 Å². The molecule has 0 saturated carbocycles. The molecule has 0 fully saturated rings. The van der Waals surface area contributed by atoms with E-state index < -0.39 is 0 Å². The van der Waals surface area contributed by atoms with Gasteiger partial charge >= 0.3 is 0 Å². The first-order chi connectivity index (χ1) is 7.31. The molecule has 1 atom stereocenters. The van der Waals surface area contributed by atoms with Crippen molar-refractivity contribution in [1.82, 2.24) is 9.78 Å². The van der Waals surface area contributed by atoms with Gasteiger partial charge in [0.25, 0.3) is 0 Å². The molecule has 2 rings (SSSR count). The molecule has 1 aromatic heterocycles. The fraction of sp³-hybridized carbons (Fsp3) is 0.154. The Labute approximate surface area is 89.6 Å². The number of rotatable bonds is 2. The van der Waals surface area contributed by atoms with Crippen molar-refractivity contribution in [2.45, 2.75) is 13.0 Å². The van der Waals surface area contributed by atoms with Gasteiger partial charge in [0.1, 0.15) is 5.69 Å². The van der Waals surface area contributed by atoms with E-state index in [4.69, 9.17) is 6.42 Å². The van der Waals surface area contributed by atoms with Gasteiger partial charge in [-0.05, 0) is 24.5 Å². The third kappa shape index (κ3) is 1.92. The monoisotopic (exact) mass is 196 g/mol. The maximum atomic E-state index is 5.28. The molecule has 0 saturated heterocycles. The normalized spacial score (nSPS) is 12.0. The Morgan fingerprint density at radius 1 is 1.27 bits per heavy atom. The standard InChI is InChI=1S/C13H12N2/c1-3-13-9-10-15(14-13)11(2)12-7-5-4-6-8-12/h1,4-11H,2H3/t11-/m1/s1. The van der Waals surface area contributed by atoms with Gasteiger partial charge < -0.3 is 0 Å². The highest BCUT2D eigenvalue weighted by molar-refractivity contribution is 5.24. The molecule has 0 aliphatic heterocycles. The SMILES string of the molecule is C#Cc1ccn([C@H](C)c2ccccc2)n1. The molecule has 0 unspecified atom stereocenters. The molecule has 0 bridgehead atoms. The quantitative estimate of drug-likeness (QED) is 0.675. The Morgan fingerprint density at radius 2 is 2.00 bits per heavy atom. The fourth-order valence-electron chi connectivity index (χ4n) is 1.52. The summed E-state index contributed by atoms with van der Waals surface area (Å²) in [5.74, 6) is 2.52. The van der Waals surface area contributed by atoms with Crippen molar-refractivity contribution >= 4 is 0 Å². The maximum Gasteiger partial charge on any atom is 0.135 e. The number of nitrogens with zero attached hydrogens (tertiary/aromatic N) is 2. The van der Waals surface area contributed by atoms with E-state index in [0.29, 0.717) is 5.69 Å². The van der Waals surface area contributed by atoms with Crippen LogP contribution in [0.2, 0.25) is 0 Å². The summed E-state index contributed by atoms with van der Waals surface area (Å²) in [7, 11) is 0. The van der Waals surface area contributed by atoms with Crippen LogP contribution in [0.25, 0.3) is 0 Å². The summed E-state index contributed by atoms with van der Waals surface area (Å²) in [5.41, 5.74) is 1.90. The van der Waals surface area contributed by atoms with Crippen LogP contribution < -0.4 is 0 Å². The van der Waals surface area contributed by atoms with Gasteiger partial charge in [-0.3, -0.25) is 4.68 Å². The van der Waals surface area contributed by atoms with Crippen LogP contribution in [0.1, 0.15) is 24.2 Å². The van der Waals surface area contributed by atoms with Gasteiger partial charge in [-0.25, -0.2) is 0 Å². The summed E-state index contributed by atoms with van der Waals surface area (Å²) in [5, 5.41) is 4.29. The van der Waals surface area contributed by atoms with Gasteiger partial charge in [0.15, 0.2) is 0 Å². The maximum absolute atomic E-state index is 5.28. The van der Waals surface area contributed by atoms with E-state index in [-0.39, 0.29) is 6.04 Å². The summed E-state index contributed by atoms with van der Waals surface area (Å²) in [6.45, 7) is 2.10. The highest BCUT2D eigenvalue weighted by Gasteiger charge is 2.07. The summed E-state index contributed by atoms with van der Waals surface area (Å²) >= 11 is 0. The largest absolute Gasteiger partial charge is 0.264 e. The lowest BCUT2D eigenvalue weighted by molar-refractivity contribution is 0.563. The van der Waals surface area contributed by atoms with Gasteiger partial charge in [0.2, 0.25) is 0 Å². The van der Waals surface area contributed by atoms with E-state index in [2.05, 4.69) is 30.1 Å². The van der Waals surface area contributed by atoms with Crippen LogP contribution >= 0.6 is 0 Å². The highest BCUT2D eigenvalue weighted by Crippen LogP contribution is 2.16. The van der Waals surface area contributed by atoms with Crippen molar-refractivity contribution in [2.24, 2.45) is 0 Å². The molecular weight excluding hydrogens is 184 g/mol. The molecule has 0 aliphatic rings. The van der Waals surface area contributed by atoms with Crippen LogP contribution in [0.5, 0.6) is 0 Å². The second kappa shape index (κ2) is 4.02. The smallest absolute Gasteiger partial charge is 0.135 e. The second-order valence-electron chi connectivity index (χ2n) is 3.41. The van der Waals surface area contributed by atoms with Gasteiger partial charge in [-0.2, -0.15) is 5.10 Å². The molecule has 2 nitrogen and oxygen atoms in total. The fourth-order valence-corrected chi connectivity index (χ4v) is 1.52. The van der Waals surface area contributed by atoms with E-state index in [1.165, 1.54) is 5.56 Å². The van der Waals surface area contributed by atoms with Gasteiger partial charge in [-0.15, -0.1) is 6.42 Å². The molecule has 0 amide bonds. The minimum atomic E-state index is 0.216. The first-order valence-electron chi connectivity index (χ1n) is 4.88. The van der Waals surface area contributed by atoms with Crippen LogP contribution in [0.4, 0.5) is 0 Å². The number of hydrogen-bond acceptors (Lipinski definition) is 1. The van der Waals surface area contributed by atoms with E-state index in [1.807, 2.05) is 35.1 Å². The lowest BCUT2D eigenvalue weighted by Gasteiger charge is -2.11. The minimum Gasteiger partial charge on any atom is -0.264 e. The first kappa shape index (κ1) is 9.54. The minimum absolute atomic E-state index is 0.216. The van der Waals surface area contributed by atoms with Gasteiger partial charge in [0, 0.05) is 6.20 Å². The van der Waals surface area contributed by atoms with Crippen molar-refractivity contribution in [2.75, 3.05) is 0 Å². The van der Waals surface area contributed by atoms with Crippen LogP contribution in [0, 0.1) is 12.3 Å². The van der Waals surface area contributed by atoms with Crippen LogP contribution in [-0.2, 0) is 0 Å². The third-order valence-electron chi connectivity index (χ3n) is 2.44. The zero-order chi connectivity index (χ0) is 10.7. The zero-order valence-corrected chi connectivity index (χ0v) is 8.59. The Kier molecular flexibility index (Phi) is 2.55. The van der Waals surface area contributed by atoms with Crippen molar-refractivity contribution in [1.29, 1.82) is 0 Å². The van der Waals surface area contributed by atoms with Crippen LogP contribution in [-0.4, -0.2) is 9.78 Å². The average molecular weight is 196 g/mol. The number of hydrogen-bond donors (Lipinski definition) is 0. The lowest BCUT2D eigenvalue weighted by atomic mass is 10.1. The van der Waals surface area contributed by atoms with Crippen LogP contribution in [0.15, 0.2) is 42.6 Å². The highest BCUT2D eigenvalue weighted by atomic mass is 15.3. The molecule has 0 radical (unpaired) electrons. The van der Waals surface area contributed by atoms with Crippen LogP contribution in [0.3, 0.4) is 0 Å². The predicted octanol–water partition coefficient (Wildman–Crippen LogP) is 2.47. The molecule has 2 aromatic rings. The molecule has 0 spiro atoms. The van der Waals surface area contributed by atoms with E-state index >= 15 is 0 Å². The summed E-state index contributed by atoms with van der Waals surface area (Å²) in [6, 6.07) is 12.3. The van der Waals surface area contributed by atoms with E-state index in [0.717, 1.165) is 0 Å². The van der Waals surface area contributed by atoms with Gasteiger partial charge in [-0.1, -0.05) is 30.3 Å². The summed E-state index contributed by atoms with van der Waals surface area (Å²) in [6.07, 6.45) is 7.19. The Balaban J connectivity index is 2.29. The number of benzene rings is 1. The second-order valence-corrected chi connectivity index (χ2v) is 3.41. The lowest BCUT2D eigenvalue weighted by Crippen LogP contribution is -2.07. The van der Waals surface area contributed by atoms with E-state index in [1.54, 1.807) is 0 Å². The molecule has 0 aliphatic carbocycles. The summed E-state index contributed by atoms with van der Waals surface area (Å²) in [4.78, 5) is 0. The third-order valence-corrected chi connectivity index (χ3v) is 2.44.